The van der Waals surface area contributed by atoms with Gasteiger partial charge in [0.25, 0.3) is 5.56 Å². The summed E-state index contributed by atoms with van der Waals surface area (Å²) in [5.41, 5.74) is 2.46. The first-order chi connectivity index (χ1) is 16.6. The monoisotopic (exact) mass is 458 g/mol. The molecule has 0 atom stereocenters. The van der Waals surface area contributed by atoms with Gasteiger partial charge in [-0.1, -0.05) is 6.07 Å². The maximum atomic E-state index is 12.4. The van der Waals surface area contributed by atoms with Crippen LogP contribution in [0, 0.1) is 6.92 Å². The second-order valence-electron chi connectivity index (χ2n) is 8.18. The van der Waals surface area contributed by atoms with Crippen LogP contribution in [0.3, 0.4) is 0 Å². The van der Waals surface area contributed by atoms with E-state index in [0.29, 0.717) is 29.7 Å². The number of pyridine rings is 3. The van der Waals surface area contributed by atoms with Crippen molar-refractivity contribution in [2.75, 3.05) is 38.2 Å². The quantitative estimate of drug-likeness (QED) is 0.450. The Morgan fingerprint density at radius 2 is 1.91 bits per heavy atom. The van der Waals surface area contributed by atoms with E-state index in [1.165, 1.54) is 0 Å². The lowest BCUT2D eigenvalue weighted by Crippen LogP contribution is -2.39. The SMILES string of the molecule is Cc1ccnc(Nc2cccc(-c3cnc(-c4ccc(=O)n(CCN5CCOCC5)c4)o3)n2)c1. The molecule has 4 aromatic rings. The second-order valence-corrected chi connectivity index (χ2v) is 8.18. The van der Waals surface area contributed by atoms with Crippen LogP contribution in [0.15, 0.2) is 70.3 Å². The minimum atomic E-state index is -0.0472. The van der Waals surface area contributed by atoms with Crippen molar-refractivity contribution in [3.8, 4) is 22.9 Å². The topological polar surface area (TPSA) is 98.3 Å². The molecule has 0 saturated carbocycles. The number of ether oxygens (including phenoxy) is 1. The van der Waals surface area contributed by atoms with Gasteiger partial charge in [0.1, 0.15) is 17.3 Å². The number of aryl methyl sites for hydroxylation is 1. The maximum absolute atomic E-state index is 12.4. The lowest BCUT2D eigenvalue weighted by Gasteiger charge is -2.26. The van der Waals surface area contributed by atoms with E-state index in [1.807, 2.05) is 37.3 Å². The molecule has 0 amide bonds. The minimum Gasteiger partial charge on any atom is -0.434 e. The fourth-order valence-corrected chi connectivity index (χ4v) is 3.81. The molecule has 9 heteroatoms. The molecule has 0 unspecified atom stereocenters. The van der Waals surface area contributed by atoms with Crippen LogP contribution < -0.4 is 10.9 Å². The number of rotatable bonds is 7. The Morgan fingerprint density at radius 3 is 2.76 bits per heavy atom. The fraction of sp³-hybridized carbons (Fsp3) is 0.280. The van der Waals surface area contributed by atoms with Crippen LogP contribution in [0.2, 0.25) is 0 Å². The summed E-state index contributed by atoms with van der Waals surface area (Å²) in [6.45, 7) is 6.65. The van der Waals surface area contributed by atoms with E-state index >= 15 is 0 Å². The fourth-order valence-electron chi connectivity index (χ4n) is 3.81. The van der Waals surface area contributed by atoms with Gasteiger partial charge in [0.2, 0.25) is 5.89 Å². The van der Waals surface area contributed by atoms with E-state index in [4.69, 9.17) is 9.15 Å². The first-order valence-electron chi connectivity index (χ1n) is 11.3. The van der Waals surface area contributed by atoms with Gasteiger partial charge in [0, 0.05) is 44.6 Å². The van der Waals surface area contributed by atoms with E-state index in [9.17, 15) is 4.79 Å². The van der Waals surface area contributed by atoms with Crippen LogP contribution in [0.5, 0.6) is 0 Å². The number of aromatic nitrogens is 4. The predicted octanol–water partition coefficient (Wildman–Crippen LogP) is 3.34. The maximum Gasteiger partial charge on any atom is 0.250 e. The van der Waals surface area contributed by atoms with E-state index in [2.05, 4.69) is 25.2 Å². The summed E-state index contributed by atoms with van der Waals surface area (Å²) in [5, 5.41) is 3.21. The zero-order chi connectivity index (χ0) is 23.3. The number of nitrogens with zero attached hydrogens (tertiary/aromatic N) is 5. The highest BCUT2D eigenvalue weighted by atomic mass is 16.5. The number of hydrogen-bond acceptors (Lipinski definition) is 8. The van der Waals surface area contributed by atoms with Crippen molar-refractivity contribution in [3.05, 3.63) is 77.0 Å². The van der Waals surface area contributed by atoms with E-state index in [0.717, 1.165) is 49.8 Å². The van der Waals surface area contributed by atoms with Crippen molar-refractivity contribution in [1.29, 1.82) is 0 Å². The number of oxazole rings is 1. The Labute approximate surface area is 197 Å². The van der Waals surface area contributed by atoms with Crippen molar-refractivity contribution in [2.24, 2.45) is 0 Å². The van der Waals surface area contributed by atoms with E-state index in [1.54, 1.807) is 35.3 Å². The standard InChI is InChI=1S/C25H26N6O3/c1-18-7-8-26-23(15-18)29-22-4-2-3-20(28-22)21-16-27-25(34-21)19-5-6-24(32)31(17-19)10-9-30-11-13-33-14-12-30/h2-8,15-17H,9-14H2,1H3,(H,26,28,29). The van der Waals surface area contributed by atoms with Crippen molar-refractivity contribution >= 4 is 11.6 Å². The molecule has 1 N–H and O–H groups in total. The zero-order valence-electron chi connectivity index (χ0n) is 19.0. The summed E-state index contributed by atoms with van der Waals surface area (Å²) >= 11 is 0. The molecule has 1 aliphatic heterocycles. The summed E-state index contributed by atoms with van der Waals surface area (Å²) in [6.07, 6.45) is 5.20. The molecule has 1 fully saturated rings. The highest BCUT2D eigenvalue weighted by Gasteiger charge is 2.13. The highest BCUT2D eigenvalue weighted by molar-refractivity contribution is 5.61. The molecule has 9 nitrogen and oxygen atoms in total. The third-order valence-electron chi connectivity index (χ3n) is 5.67. The summed E-state index contributed by atoms with van der Waals surface area (Å²) in [6, 6.07) is 12.8. The van der Waals surface area contributed by atoms with Crippen LogP contribution in [-0.2, 0) is 11.3 Å². The lowest BCUT2D eigenvalue weighted by molar-refractivity contribution is 0.0363. The molecule has 174 valence electrons. The number of hydrogen-bond donors (Lipinski definition) is 1. The molecule has 0 aromatic carbocycles. The zero-order valence-corrected chi connectivity index (χ0v) is 19.0. The molecule has 34 heavy (non-hydrogen) atoms. The Hall–Kier alpha value is -3.82. The van der Waals surface area contributed by atoms with Gasteiger partial charge in [-0.25, -0.2) is 15.0 Å². The summed E-state index contributed by atoms with van der Waals surface area (Å²) < 4.78 is 13.1. The lowest BCUT2D eigenvalue weighted by atomic mass is 10.3. The number of morpholine rings is 1. The Morgan fingerprint density at radius 1 is 1.03 bits per heavy atom. The van der Waals surface area contributed by atoms with E-state index < -0.39 is 0 Å². The Kier molecular flexibility index (Phi) is 6.46. The largest absolute Gasteiger partial charge is 0.434 e. The molecule has 0 bridgehead atoms. The number of anilines is 2. The molecule has 0 radical (unpaired) electrons. The van der Waals surface area contributed by atoms with Crippen molar-refractivity contribution in [2.45, 2.75) is 13.5 Å². The van der Waals surface area contributed by atoms with Crippen LogP contribution in [-0.4, -0.2) is 57.3 Å². The van der Waals surface area contributed by atoms with Gasteiger partial charge in [-0.3, -0.25) is 9.69 Å². The van der Waals surface area contributed by atoms with Crippen LogP contribution in [0.1, 0.15) is 5.56 Å². The molecule has 5 rings (SSSR count). The molecule has 4 aromatic heterocycles. The predicted molar refractivity (Wildman–Crippen MR) is 129 cm³/mol. The van der Waals surface area contributed by atoms with Crippen LogP contribution in [0.4, 0.5) is 11.6 Å². The molecule has 0 aliphatic carbocycles. The molecule has 0 spiro atoms. The van der Waals surface area contributed by atoms with E-state index in [-0.39, 0.29) is 5.56 Å². The first kappa shape index (κ1) is 22.0. The normalized spacial score (nSPS) is 14.3. The average Bonchev–Trinajstić information content (AvgIpc) is 3.35. The highest BCUT2D eigenvalue weighted by Crippen LogP contribution is 2.26. The summed E-state index contributed by atoms with van der Waals surface area (Å²) in [7, 11) is 0. The van der Waals surface area contributed by atoms with Gasteiger partial charge >= 0.3 is 0 Å². The average molecular weight is 459 g/mol. The van der Waals surface area contributed by atoms with Gasteiger partial charge < -0.3 is 19.0 Å². The number of nitrogens with one attached hydrogen (secondary N) is 1. The van der Waals surface area contributed by atoms with Gasteiger partial charge in [-0.05, 0) is 42.8 Å². The summed E-state index contributed by atoms with van der Waals surface area (Å²) in [5.74, 6) is 2.37. The molecule has 1 aliphatic rings. The second kappa shape index (κ2) is 9.98. The Bertz CT molecular complexity index is 1330. The summed E-state index contributed by atoms with van der Waals surface area (Å²) in [4.78, 5) is 28.0. The van der Waals surface area contributed by atoms with Gasteiger partial charge in [-0.2, -0.15) is 0 Å². The molecule has 1 saturated heterocycles. The smallest absolute Gasteiger partial charge is 0.250 e. The van der Waals surface area contributed by atoms with Gasteiger partial charge in [0.05, 0.1) is 25.0 Å². The van der Waals surface area contributed by atoms with Crippen LogP contribution in [0.25, 0.3) is 22.9 Å². The first-order valence-corrected chi connectivity index (χ1v) is 11.3. The third-order valence-corrected chi connectivity index (χ3v) is 5.67. The Balaban J connectivity index is 1.32. The van der Waals surface area contributed by atoms with Crippen LogP contribution >= 0.6 is 0 Å². The minimum absolute atomic E-state index is 0.0472. The molecule has 5 heterocycles. The van der Waals surface area contributed by atoms with Gasteiger partial charge in [0.15, 0.2) is 5.76 Å². The van der Waals surface area contributed by atoms with Gasteiger partial charge in [-0.15, -0.1) is 0 Å². The third kappa shape index (κ3) is 5.22. The van der Waals surface area contributed by atoms with Crippen molar-refractivity contribution in [1.82, 2.24) is 24.4 Å². The van der Waals surface area contributed by atoms with Crippen molar-refractivity contribution < 1.29 is 9.15 Å². The molecular formula is C25H26N6O3. The van der Waals surface area contributed by atoms with Crippen molar-refractivity contribution in [3.63, 3.8) is 0 Å². The molecular weight excluding hydrogens is 432 g/mol.